The van der Waals surface area contributed by atoms with Crippen LogP contribution in [-0.4, -0.2) is 11.8 Å². The molecule has 0 heterocycles. The predicted molar refractivity (Wildman–Crippen MR) is 36.8 cm³/mol. The molecule has 1 aromatic rings. The van der Waals surface area contributed by atoms with E-state index in [1.165, 1.54) is 12.1 Å². The molecule has 0 aliphatic carbocycles. The Morgan fingerprint density at radius 2 is 1.75 bits per heavy atom. The molecule has 2 nitrogen and oxygen atoms in total. The minimum Gasteiger partial charge on any atom is -0.282 e. The van der Waals surface area contributed by atoms with E-state index in [-0.39, 0.29) is 0 Å². The van der Waals surface area contributed by atoms with E-state index in [0.29, 0.717) is 0 Å². The second-order valence-corrected chi connectivity index (χ2v) is 2.08. The summed E-state index contributed by atoms with van der Waals surface area (Å²) in [6.07, 6.45) is 0. The van der Waals surface area contributed by atoms with Crippen LogP contribution in [0.2, 0.25) is 0 Å². The summed E-state index contributed by atoms with van der Waals surface area (Å²) in [7, 11) is 0. The summed E-state index contributed by atoms with van der Waals surface area (Å²) in [5, 5.41) is 0. The lowest BCUT2D eigenvalue weighted by molar-refractivity contribution is -0.124. The fourth-order valence-corrected chi connectivity index (χ4v) is 0.751. The summed E-state index contributed by atoms with van der Waals surface area (Å²) in [4.78, 5) is 20.5. The lowest BCUT2D eigenvalue weighted by Crippen LogP contribution is -2.10. The molecule has 12 heavy (non-hydrogen) atoms. The molecule has 1 rings (SSSR count). The van der Waals surface area contributed by atoms with Gasteiger partial charge in [0.15, 0.2) is 0 Å². The topological polar surface area (TPSA) is 34.1 Å². The van der Waals surface area contributed by atoms with Gasteiger partial charge in [-0.2, -0.15) is 4.39 Å². The van der Waals surface area contributed by atoms with Crippen molar-refractivity contribution in [2.75, 3.05) is 0 Å². The summed E-state index contributed by atoms with van der Waals surface area (Å²) in [5.41, 5.74) is -0.537. The van der Waals surface area contributed by atoms with Gasteiger partial charge < -0.3 is 0 Å². The van der Waals surface area contributed by atoms with Crippen LogP contribution in [-0.2, 0) is 4.79 Å². The van der Waals surface area contributed by atoms with Gasteiger partial charge in [0.05, 0.1) is 5.56 Å². The fourth-order valence-electron chi connectivity index (χ4n) is 0.751. The molecule has 0 bridgehead atoms. The Morgan fingerprint density at radius 3 is 2.25 bits per heavy atom. The summed E-state index contributed by atoms with van der Waals surface area (Å²) in [6.45, 7) is 0. The SMILES string of the molecule is O=C(F)C(=O)c1ccccc1F. The van der Waals surface area contributed by atoms with Crippen molar-refractivity contribution in [3.05, 3.63) is 35.6 Å². The molecule has 4 heteroatoms. The molecule has 0 fully saturated rings. The van der Waals surface area contributed by atoms with Gasteiger partial charge in [-0.05, 0) is 12.1 Å². The summed E-state index contributed by atoms with van der Waals surface area (Å²) < 4.78 is 24.5. The number of hydrogen-bond donors (Lipinski definition) is 0. The van der Waals surface area contributed by atoms with Crippen molar-refractivity contribution in [1.29, 1.82) is 0 Å². The van der Waals surface area contributed by atoms with Crippen LogP contribution >= 0.6 is 0 Å². The van der Waals surface area contributed by atoms with Gasteiger partial charge in [0, 0.05) is 0 Å². The van der Waals surface area contributed by atoms with Gasteiger partial charge in [-0.25, -0.2) is 4.39 Å². The number of benzene rings is 1. The third kappa shape index (κ3) is 1.53. The highest BCUT2D eigenvalue weighted by molar-refractivity contribution is 6.40. The smallest absolute Gasteiger partial charge is 0.282 e. The Labute approximate surface area is 66.8 Å². The van der Waals surface area contributed by atoms with Crippen LogP contribution in [0.3, 0.4) is 0 Å². The van der Waals surface area contributed by atoms with Crippen LogP contribution in [0.5, 0.6) is 0 Å². The third-order valence-electron chi connectivity index (χ3n) is 1.30. The molecule has 0 radical (unpaired) electrons. The number of halogens is 2. The maximum Gasteiger partial charge on any atom is 0.372 e. The molecule has 0 spiro atoms. The van der Waals surface area contributed by atoms with Crippen molar-refractivity contribution in [3.63, 3.8) is 0 Å². The maximum absolute atomic E-state index is 12.7. The zero-order chi connectivity index (χ0) is 9.14. The van der Waals surface area contributed by atoms with Crippen LogP contribution in [0, 0.1) is 5.82 Å². The number of ketones is 1. The quantitative estimate of drug-likeness (QED) is 0.383. The largest absolute Gasteiger partial charge is 0.372 e. The molecule has 0 atom stereocenters. The first kappa shape index (κ1) is 8.52. The van der Waals surface area contributed by atoms with E-state index < -0.39 is 23.2 Å². The van der Waals surface area contributed by atoms with Crippen molar-refractivity contribution in [2.45, 2.75) is 0 Å². The maximum atomic E-state index is 12.7. The molecule has 0 saturated carbocycles. The number of Topliss-reactive ketones (excluding diaryl/α,β-unsaturated/α-hetero) is 1. The molecule has 0 saturated heterocycles. The molecule has 0 N–H and O–H groups in total. The van der Waals surface area contributed by atoms with E-state index in [9.17, 15) is 18.4 Å². The van der Waals surface area contributed by atoms with Gasteiger partial charge >= 0.3 is 6.04 Å². The number of rotatable bonds is 2. The zero-order valence-electron chi connectivity index (χ0n) is 5.88. The standard InChI is InChI=1S/C8H4F2O2/c9-6-4-2-1-3-5(6)7(11)8(10)12/h1-4H. The van der Waals surface area contributed by atoms with Crippen molar-refractivity contribution < 1.29 is 18.4 Å². The molecule has 62 valence electrons. The summed E-state index contributed by atoms with van der Waals surface area (Å²) >= 11 is 0. The first-order valence-electron chi connectivity index (χ1n) is 3.11. The average molecular weight is 170 g/mol. The molecule has 0 aromatic heterocycles. The zero-order valence-corrected chi connectivity index (χ0v) is 5.88. The van der Waals surface area contributed by atoms with Gasteiger partial charge in [0.25, 0.3) is 5.78 Å². The molecular weight excluding hydrogens is 166 g/mol. The van der Waals surface area contributed by atoms with E-state index in [2.05, 4.69) is 0 Å². The average Bonchev–Trinajstić information content (AvgIpc) is 2.04. The van der Waals surface area contributed by atoms with E-state index in [0.717, 1.165) is 12.1 Å². The summed E-state index contributed by atoms with van der Waals surface area (Å²) in [6, 6.07) is 2.57. The highest BCUT2D eigenvalue weighted by Gasteiger charge is 2.18. The number of carbonyl (C=O) groups excluding carboxylic acids is 2. The first-order valence-corrected chi connectivity index (χ1v) is 3.11. The second kappa shape index (κ2) is 3.21. The Morgan fingerprint density at radius 1 is 1.17 bits per heavy atom. The minimum absolute atomic E-state index is 0.537. The van der Waals surface area contributed by atoms with Crippen LogP contribution in [0.15, 0.2) is 24.3 Å². The van der Waals surface area contributed by atoms with Gasteiger partial charge in [0.1, 0.15) is 5.82 Å². The van der Waals surface area contributed by atoms with Crippen molar-refractivity contribution in [3.8, 4) is 0 Å². The Balaban J connectivity index is 3.11. The lowest BCUT2D eigenvalue weighted by Gasteiger charge is -1.94. The van der Waals surface area contributed by atoms with Gasteiger partial charge in [-0.1, -0.05) is 12.1 Å². The fraction of sp³-hybridized carbons (Fsp3) is 0. The predicted octanol–water partition coefficient (Wildman–Crippen LogP) is 1.50. The number of hydrogen-bond acceptors (Lipinski definition) is 2. The van der Waals surface area contributed by atoms with Crippen LogP contribution in [0.25, 0.3) is 0 Å². The molecule has 0 unspecified atom stereocenters. The molecule has 0 amide bonds. The normalized spacial score (nSPS) is 9.50. The van der Waals surface area contributed by atoms with Crippen molar-refractivity contribution >= 4 is 11.8 Å². The monoisotopic (exact) mass is 170 g/mol. The van der Waals surface area contributed by atoms with Crippen LogP contribution < -0.4 is 0 Å². The second-order valence-electron chi connectivity index (χ2n) is 2.08. The van der Waals surface area contributed by atoms with Gasteiger partial charge in [-0.15, -0.1) is 0 Å². The Hall–Kier alpha value is -1.58. The van der Waals surface area contributed by atoms with E-state index in [1.807, 2.05) is 0 Å². The van der Waals surface area contributed by atoms with E-state index in [4.69, 9.17) is 0 Å². The van der Waals surface area contributed by atoms with E-state index in [1.54, 1.807) is 0 Å². The first-order chi connectivity index (χ1) is 5.63. The van der Waals surface area contributed by atoms with E-state index >= 15 is 0 Å². The van der Waals surface area contributed by atoms with Gasteiger partial charge in [0.2, 0.25) is 0 Å². The van der Waals surface area contributed by atoms with Crippen LogP contribution in [0.4, 0.5) is 8.78 Å². The van der Waals surface area contributed by atoms with Gasteiger partial charge in [-0.3, -0.25) is 9.59 Å². The lowest BCUT2D eigenvalue weighted by atomic mass is 10.1. The van der Waals surface area contributed by atoms with Crippen molar-refractivity contribution in [2.24, 2.45) is 0 Å². The summed E-state index contributed by atoms with van der Waals surface area (Å²) in [5.74, 6) is -2.35. The molecular formula is C8H4F2O2. The van der Waals surface area contributed by atoms with Crippen molar-refractivity contribution in [1.82, 2.24) is 0 Å². The molecule has 0 aliphatic rings. The molecule has 0 aliphatic heterocycles. The van der Waals surface area contributed by atoms with Crippen LogP contribution in [0.1, 0.15) is 10.4 Å². The highest BCUT2D eigenvalue weighted by Crippen LogP contribution is 2.07. The Bertz CT molecular complexity index is 334. The molecule has 1 aromatic carbocycles. The minimum atomic E-state index is -2.15. The third-order valence-corrected chi connectivity index (χ3v) is 1.30. The Kier molecular flexibility index (Phi) is 2.28. The highest BCUT2D eigenvalue weighted by atomic mass is 19.1. The number of carbonyl (C=O) groups is 2.